The minimum absolute atomic E-state index is 0.210. The van der Waals surface area contributed by atoms with Crippen molar-refractivity contribution in [1.82, 2.24) is 0 Å². The zero-order chi connectivity index (χ0) is 8.81. The Morgan fingerprint density at radius 1 is 1.67 bits per heavy atom. The van der Waals surface area contributed by atoms with Crippen LogP contribution < -0.4 is 0 Å². The Balaban J connectivity index is 2.26. The summed E-state index contributed by atoms with van der Waals surface area (Å²) in [6.07, 6.45) is 4.94. The second kappa shape index (κ2) is 4.54. The van der Waals surface area contributed by atoms with Gasteiger partial charge in [0.2, 0.25) is 0 Å². The molecule has 1 aromatic rings. The van der Waals surface area contributed by atoms with Crippen LogP contribution in [0.25, 0.3) is 0 Å². The van der Waals surface area contributed by atoms with Crippen LogP contribution in [0.3, 0.4) is 0 Å². The van der Waals surface area contributed by atoms with E-state index >= 15 is 0 Å². The molecule has 1 aromatic heterocycles. The molecule has 0 atom stereocenters. The number of ketones is 1. The summed E-state index contributed by atoms with van der Waals surface area (Å²) in [5.74, 6) is 1.08. The van der Waals surface area contributed by atoms with Crippen LogP contribution in [0.2, 0.25) is 0 Å². The van der Waals surface area contributed by atoms with E-state index < -0.39 is 0 Å². The van der Waals surface area contributed by atoms with Crippen molar-refractivity contribution in [3.8, 4) is 0 Å². The van der Waals surface area contributed by atoms with E-state index in [4.69, 9.17) is 4.42 Å². The zero-order valence-corrected chi connectivity index (χ0v) is 6.95. The van der Waals surface area contributed by atoms with Crippen LogP contribution in [0.5, 0.6) is 0 Å². The van der Waals surface area contributed by atoms with Crippen molar-refractivity contribution in [2.24, 2.45) is 0 Å². The standard InChI is InChI=1S/C10H12O2/c1-2-4-9(11)6-7-10-5-3-8-12-10/h2-3,5,8H,1,4,6-7H2. The van der Waals surface area contributed by atoms with Crippen LogP contribution >= 0.6 is 0 Å². The van der Waals surface area contributed by atoms with Crippen molar-refractivity contribution in [2.75, 3.05) is 0 Å². The van der Waals surface area contributed by atoms with Crippen molar-refractivity contribution in [3.05, 3.63) is 36.8 Å². The molecule has 0 N–H and O–H groups in total. The van der Waals surface area contributed by atoms with Gasteiger partial charge in [-0.05, 0) is 12.1 Å². The molecule has 12 heavy (non-hydrogen) atoms. The van der Waals surface area contributed by atoms with E-state index in [0.717, 1.165) is 5.76 Å². The minimum atomic E-state index is 0.210. The summed E-state index contributed by atoms with van der Waals surface area (Å²) >= 11 is 0. The summed E-state index contributed by atoms with van der Waals surface area (Å²) in [6, 6.07) is 3.70. The fourth-order valence-corrected chi connectivity index (χ4v) is 0.981. The lowest BCUT2D eigenvalue weighted by Gasteiger charge is -1.94. The van der Waals surface area contributed by atoms with Crippen molar-refractivity contribution < 1.29 is 9.21 Å². The van der Waals surface area contributed by atoms with Gasteiger partial charge in [-0.25, -0.2) is 0 Å². The van der Waals surface area contributed by atoms with E-state index in [1.165, 1.54) is 0 Å². The lowest BCUT2D eigenvalue weighted by atomic mass is 10.1. The van der Waals surface area contributed by atoms with E-state index in [-0.39, 0.29) is 5.78 Å². The molecule has 0 spiro atoms. The number of furan rings is 1. The molecular formula is C10H12O2. The summed E-state index contributed by atoms with van der Waals surface area (Å²) in [4.78, 5) is 11.0. The van der Waals surface area contributed by atoms with Gasteiger partial charge >= 0.3 is 0 Å². The van der Waals surface area contributed by atoms with Gasteiger partial charge in [0, 0.05) is 19.3 Å². The molecule has 0 amide bonds. The Labute approximate surface area is 71.9 Å². The van der Waals surface area contributed by atoms with E-state index in [0.29, 0.717) is 19.3 Å². The lowest BCUT2D eigenvalue weighted by Crippen LogP contribution is -1.97. The van der Waals surface area contributed by atoms with Crippen molar-refractivity contribution >= 4 is 5.78 Å². The fraction of sp³-hybridized carbons (Fsp3) is 0.300. The quantitative estimate of drug-likeness (QED) is 0.625. The van der Waals surface area contributed by atoms with Gasteiger partial charge in [0.15, 0.2) is 0 Å². The molecule has 0 aromatic carbocycles. The highest BCUT2D eigenvalue weighted by Crippen LogP contribution is 2.04. The molecule has 2 nitrogen and oxygen atoms in total. The number of aryl methyl sites for hydroxylation is 1. The van der Waals surface area contributed by atoms with Crippen molar-refractivity contribution in [2.45, 2.75) is 19.3 Å². The maximum Gasteiger partial charge on any atom is 0.137 e. The summed E-state index contributed by atoms with van der Waals surface area (Å²) in [5, 5.41) is 0. The SMILES string of the molecule is C=CCC(=O)CCc1ccco1. The molecule has 1 heterocycles. The smallest absolute Gasteiger partial charge is 0.137 e. The van der Waals surface area contributed by atoms with Gasteiger partial charge < -0.3 is 4.42 Å². The van der Waals surface area contributed by atoms with Crippen LogP contribution in [-0.2, 0) is 11.2 Å². The maximum atomic E-state index is 11.0. The van der Waals surface area contributed by atoms with Gasteiger partial charge in [-0.15, -0.1) is 6.58 Å². The monoisotopic (exact) mass is 164 g/mol. The van der Waals surface area contributed by atoms with Crippen molar-refractivity contribution in [1.29, 1.82) is 0 Å². The molecule has 0 unspecified atom stereocenters. The van der Waals surface area contributed by atoms with Gasteiger partial charge in [-0.2, -0.15) is 0 Å². The Kier molecular flexibility index (Phi) is 3.33. The van der Waals surface area contributed by atoms with Crippen LogP contribution in [0, 0.1) is 0 Å². The second-order valence-electron chi connectivity index (χ2n) is 2.61. The third-order valence-electron chi connectivity index (χ3n) is 1.60. The molecule has 0 bridgehead atoms. The van der Waals surface area contributed by atoms with Gasteiger partial charge in [-0.3, -0.25) is 4.79 Å². The summed E-state index contributed by atoms with van der Waals surface area (Å²) in [7, 11) is 0. The molecule has 0 aliphatic rings. The highest BCUT2D eigenvalue weighted by molar-refractivity contribution is 5.79. The summed E-state index contributed by atoms with van der Waals surface area (Å²) in [5.41, 5.74) is 0. The maximum absolute atomic E-state index is 11.0. The first kappa shape index (κ1) is 8.78. The zero-order valence-electron chi connectivity index (χ0n) is 6.95. The Hall–Kier alpha value is -1.31. The predicted octanol–water partition coefficient (Wildman–Crippen LogP) is 2.36. The molecule has 2 heteroatoms. The lowest BCUT2D eigenvalue weighted by molar-refractivity contribution is -0.118. The largest absolute Gasteiger partial charge is 0.469 e. The van der Waals surface area contributed by atoms with Gasteiger partial charge in [0.05, 0.1) is 6.26 Å². The molecule has 0 saturated heterocycles. The molecule has 0 aliphatic carbocycles. The molecule has 64 valence electrons. The summed E-state index contributed by atoms with van der Waals surface area (Å²) in [6.45, 7) is 3.50. The third kappa shape index (κ3) is 2.74. The van der Waals surface area contributed by atoms with E-state index in [1.54, 1.807) is 12.3 Å². The van der Waals surface area contributed by atoms with Gasteiger partial charge in [0.1, 0.15) is 11.5 Å². The average Bonchev–Trinajstić information content (AvgIpc) is 2.53. The van der Waals surface area contributed by atoms with Crippen LogP contribution in [-0.4, -0.2) is 5.78 Å². The molecule has 0 fully saturated rings. The normalized spacial score (nSPS) is 9.67. The number of carbonyl (C=O) groups excluding carboxylic acids is 1. The minimum Gasteiger partial charge on any atom is -0.469 e. The number of rotatable bonds is 5. The number of Topliss-reactive ketones (excluding diaryl/α,β-unsaturated/α-hetero) is 1. The highest BCUT2D eigenvalue weighted by atomic mass is 16.3. The number of hydrogen-bond acceptors (Lipinski definition) is 2. The van der Waals surface area contributed by atoms with E-state index in [1.807, 2.05) is 12.1 Å². The Bertz CT molecular complexity index is 247. The number of hydrogen-bond donors (Lipinski definition) is 0. The van der Waals surface area contributed by atoms with Crippen LogP contribution in [0.15, 0.2) is 35.5 Å². The average molecular weight is 164 g/mol. The first-order chi connectivity index (χ1) is 5.83. The fourth-order valence-electron chi connectivity index (χ4n) is 0.981. The first-order valence-corrected chi connectivity index (χ1v) is 3.98. The van der Waals surface area contributed by atoms with Gasteiger partial charge in [-0.1, -0.05) is 6.08 Å². The first-order valence-electron chi connectivity index (χ1n) is 3.98. The molecule has 0 radical (unpaired) electrons. The van der Waals surface area contributed by atoms with Crippen LogP contribution in [0.4, 0.5) is 0 Å². The molecule has 1 rings (SSSR count). The third-order valence-corrected chi connectivity index (χ3v) is 1.60. The van der Waals surface area contributed by atoms with E-state index in [9.17, 15) is 4.79 Å². The van der Waals surface area contributed by atoms with Crippen molar-refractivity contribution in [3.63, 3.8) is 0 Å². The molecule has 0 aliphatic heterocycles. The molecular weight excluding hydrogens is 152 g/mol. The second-order valence-corrected chi connectivity index (χ2v) is 2.61. The Morgan fingerprint density at radius 2 is 2.50 bits per heavy atom. The number of allylic oxidation sites excluding steroid dienone is 1. The predicted molar refractivity (Wildman–Crippen MR) is 46.9 cm³/mol. The molecule has 0 saturated carbocycles. The summed E-state index contributed by atoms with van der Waals surface area (Å²) < 4.78 is 5.08. The highest BCUT2D eigenvalue weighted by Gasteiger charge is 2.01. The Morgan fingerprint density at radius 3 is 3.08 bits per heavy atom. The topological polar surface area (TPSA) is 30.2 Å². The van der Waals surface area contributed by atoms with E-state index in [2.05, 4.69) is 6.58 Å². The van der Waals surface area contributed by atoms with Gasteiger partial charge in [0.25, 0.3) is 0 Å². The number of carbonyl (C=O) groups is 1. The van der Waals surface area contributed by atoms with Crippen LogP contribution in [0.1, 0.15) is 18.6 Å².